The maximum Gasteiger partial charge on any atom is 0.336 e. The summed E-state index contributed by atoms with van der Waals surface area (Å²) in [6, 6.07) is 6.62. The van der Waals surface area contributed by atoms with Crippen LogP contribution in [-0.4, -0.2) is 25.5 Å². The third-order valence-electron chi connectivity index (χ3n) is 2.45. The second-order valence-corrected chi connectivity index (χ2v) is 4.07. The van der Waals surface area contributed by atoms with Crippen molar-refractivity contribution in [2.24, 2.45) is 0 Å². The van der Waals surface area contributed by atoms with Gasteiger partial charge in [0.05, 0.1) is 12.2 Å². The van der Waals surface area contributed by atoms with Crippen molar-refractivity contribution in [1.29, 1.82) is 0 Å². The zero-order valence-corrected chi connectivity index (χ0v) is 11.1. The molecule has 0 bridgehead atoms. The lowest BCUT2D eigenvalue weighted by molar-refractivity contribution is -0.139. The number of unbranched alkanes of at least 4 members (excludes halogenated alkanes) is 1. The highest BCUT2D eigenvalue weighted by Crippen LogP contribution is 2.12. The predicted octanol–water partition coefficient (Wildman–Crippen LogP) is 2.78. The number of hydrogen-bond donors (Lipinski definition) is 0. The molecule has 4 nitrogen and oxygen atoms in total. The van der Waals surface area contributed by atoms with Crippen molar-refractivity contribution in [3.63, 3.8) is 0 Å². The van der Waals surface area contributed by atoms with Gasteiger partial charge in [-0.1, -0.05) is 19.9 Å². The Morgan fingerprint density at radius 3 is 2.58 bits per heavy atom. The monoisotopic (exact) mass is 262 g/mol. The first-order chi connectivity index (χ1) is 9.17. The lowest BCUT2D eigenvalue weighted by atomic mass is 10.2. The average Bonchev–Trinajstić information content (AvgIpc) is 2.45. The zero-order chi connectivity index (χ0) is 14.1. The SMILES string of the molecule is C=C(COc1ccc(C=O)cc1)C(=O)OCCCC. The summed E-state index contributed by atoms with van der Waals surface area (Å²) < 4.78 is 10.4. The van der Waals surface area contributed by atoms with E-state index in [4.69, 9.17) is 9.47 Å². The van der Waals surface area contributed by atoms with Crippen molar-refractivity contribution in [2.45, 2.75) is 19.8 Å². The van der Waals surface area contributed by atoms with Gasteiger partial charge in [0.2, 0.25) is 0 Å². The van der Waals surface area contributed by atoms with E-state index in [0.29, 0.717) is 17.9 Å². The number of esters is 1. The molecule has 0 saturated heterocycles. The first-order valence-electron chi connectivity index (χ1n) is 6.20. The zero-order valence-electron chi connectivity index (χ0n) is 11.1. The molecule has 0 spiro atoms. The summed E-state index contributed by atoms with van der Waals surface area (Å²) in [5.41, 5.74) is 0.848. The molecule has 4 heteroatoms. The van der Waals surface area contributed by atoms with E-state index in [9.17, 15) is 9.59 Å². The van der Waals surface area contributed by atoms with Gasteiger partial charge >= 0.3 is 5.97 Å². The second kappa shape index (κ2) is 8.08. The first kappa shape index (κ1) is 15.0. The average molecular weight is 262 g/mol. The molecular formula is C15H18O4. The lowest BCUT2D eigenvalue weighted by Gasteiger charge is -2.08. The Bertz CT molecular complexity index is 434. The molecule has 19 heavy (non-hydrogen) atoms. The van der Waals surface area contributed by atoms with Gasteiger partial charge < -0.3 is 9.47 Å². The van der Waals surface area contributed by atoms with Crippen LogP contribution in [0.4, 0.5) is 0 Å². The summed E-state index contributed by atoms with van der Waals surface area (Å²) in [5.74, 6) is 0.145. The molecule has 0 aliphatic carbocycles. The molecule has 1 aromatic rings. The highest BCUT2D eigenvalue weighted by molar-refractivity contribution is 5.88. The highest BCUT2D eigenvalue weighted by Gasteiger charge is 2.09. The van der Waals surface area contributed by atoms with Gasteiger partial charge in [-0.25, -0.2) is 4.79 Å². The minimum Gasteiger partial charge on any atom is -0.489 e. The topological polar surface area (TPSA) is 52.6 Å². The molecule has 0 aliphatic heterocycles. The highest BCUT2D eigenvalue weighted by atomic mass is 16.5. The lowest BCUT2D eigenvalue weighted by Crippen LogP contribution is -2.14. The normalized spacial score (nSPS) is 9.74. The number of carbonyl (C=O) groups is 2. The van der Waals surface area contributed by atoms with Crippen molar-refractivity contribution in [3.8, 4) is 5.75 Å². The molecule has 0 saturated carbocycles. The molecule has 0 fully saturated rings. The van der Waals surface area contributed by atoms with E-state index in [1.54, 1.807) is 24.3 Å². The Morgan fingerprint density at radius 2 is 2.00 bits per heavy atom. The maximum atomic E-state index is 11.5. The van der Waals surface area contributed by atoms with Gasteiger partial charge in [0.15, 0.2) is 0 Å². The third-order valence-corrected chi connectivity index (χ3v) is 2.45. The minimum atomic E-state index is -0.432. The van der Waals surface area contributed by atoms with Gasteiger partial charge in [-0.15, -0.1) is 0 Å². The Labute approximate surface area is 113 Å². The Morgan fingerprint density at radius 1 is 1.32 bits per heavy atom. The molecule has 0 atom stereocenters. The van der Waals surface area contributed by atoms with Crippen LogP contribution in [0.3, 0.4) is 0 Å². The molecular weight excluding hydrogens is 244 g/mol. The summed E-state index contributed by atoms with van der Waals surface area (Å²) in [4.78, 5) is 22.0. The largest absolute Gasteiger partial charge is 0.489 e. The van der Waals surface area contributed by atoms with Crippen LogP contribution in [-0.2, 0) is 9.53 Å². The van der Waals surface area contributed by atoms with E-state index >= 15 is 0 Å². The second-order valence-electron chi connectivity index (χ2n) is 4.07. The fraction of sp³-hybridized carbons (Fsp3) is 0.333. The summed E-state index contributed by atoms with van der Waals surface area (Å²) in [5, 5.41) is 0. The molecule has 102 valence electrons. The minimum absolute atomic E-state index is 0.0748. The molecule has 0 amide bonds. The standard InChI is InChI=1S/C15H18O4/c1-3-4-9-18-15(17)12(2)11-19-14-7-5-13(10-16)6-8-14/h5-8,10H,2-4,9,11H2,1H3. The van der Waals surface area contributed by atoms with E-state index in [1.165, 1.54) is 0 Å². The number of benzene rings is 1. The molecule has 1 aromatic carbocycles. The van der Waals surface area contributed by atoms with E-state index < -0.39 is 5.97 Å². The van der Waals surface area contributed by atoms with Crippen molar-refractivity contribution in [2.75, 3.05) is 13.2 Å². The van der Waals surface area contributed by atoms with Gasteiger partial charge in [0.1, 0.15) is 18.6 Å². The fourth-order valence-corrected chi connectivity index (χ4v) is 1.28. The number of rotatable bonds is 8. The Balaban J connectivity index is 2.36. The van der Waals surface area contributed by atoms with Crippen LogP contribution < -0.4 is 4.74 Å². The number of hydrogen-bond acceptors (Lipinski definition) is 4. The van der Waals surface area contributed by atoms with Crippen LogP contribution in [0.2, 0.25) is 0 Å². The molecule has 0 unspecified atom stereocenters. The van der Waals surface area contributed by atoms with E-state index in [-0.39, 0.29) is 12.2 Å². The number of carbonyl (C=O) groups excluding carboxylic acids is 2. The smallest absolute Gasteiger partial charge is 0.336 e. The van der Waals surface area contributed by atoms with E-state index in [2.05, 4.69) is 6.58 Å². The van der Waals surface area contributed by atoms with Gasteiger partial charge in [-0.2, -0.15) is 0 Å². The van der Waals surface area contributed by atoms with Crippen molar-refractivity contribution in [3.05, 3.63) is 42.0 Å². The number of aldehydes is 1. The van der Waals surface area contributed by atoms with Gasteiger partial charge in [0.25, 0.3) is 0 Å². The summed E-state index contributed by atoms with van der Waals surface area (Å²) in [7, 11) is 0. The van der Waals surface area contributed by atoms with Gasteiger partial charge in [0, 0.05) is 5.56 Å². The molecule has 0 aliphatic rings. The summed E-state index contributed by atoms with van der Waals surface area (Å²) in [6.07, 6.45) is 2.57. The van der Waals surface area contributed by atoms with E-state index in [1.807, 2.05) is 6.92 Å². The molecule has 0 aromatic heterocycles. The molecule has 0 N–H and O–H groups in total. The van der Waals surface area contributed by atoms with Crippen LogP contribution in [0.15, 0.2) is 36.4 Å². The third kappa shape index (κ3) is 5.38. The van der Waals surface area contributed by atoms with Crippen LogP contribution in [0.5, 0.6) is 5.75 Å². The van der Waals surface area contributed by atoms with Crippen molar-refractivity contribution < 1.29 is 19.1 Å². The van der Waals surface area contributed by atoms with Crippen LogP contribution in [0.1, 0.15) is 30.1 Å². The molecule has 1 rings (SSSR count). The van der Waals surface area contributed by atoms with Crippen LogP contribution >= 0.6 is 0 Å². The van der Waals surface area contributed by atoms with Gasteiger partial charge in [-0.05, 0) is 30.7 Å². The predicted molar refractivity (Wildman–Crippen MR) is 72.3 cm³/mol. The Hall–Kier alpha value is -2.10. The van der Waals surface area contributed by atoms with Crippen molar-refractivity contribution in [1.82, 2.24) is 0 Å². The van der Waals surface area contributed by atoms with Crippen LogP contribution in [0, 0.1) is 0 Å². The number of ether oxygens (including phenoxy) is 2. The maximum absolute atomic E-state index is 11.5. The van der Waals surface area contributed by atoms with Crippen molar-refractivity contribution >= 4 is 12.3 Å². The van der Waals surface area contributed by atoms with Gasteiger partial charge in [-0.3, -0.25) is 4.79 Å². The van der Waals surface area contributed by atoms with Crippen LogP contribution in [0.25, 0.3) is 0 Å². The first-order valence-corrected chi connectivity index (χ1v) is 6.20. The summed E-state index contributed by atoms with van der Waals surface area (Å²) >= 11 is 0. The quantitative estimate of drug-likeness (QED) is 0.313. The molecule has 0 heterocycles. The van der Waals surface area contributed by atoms with E-state index in [0.717, 1.165) is 19.1 Å². The fourth-order valence-electron chi connectivity index (χ4n) is 1.28. The summed E-state index contributed by atoms with van der Waals surface area (Å²) in [6.45, 7) is 6.13. The molecule has 0 radical (unpaired) electrons. The Kier molecular flexibility index (Phi) is 6.36.